The second-order valence-electron chi connectivity index (χ2n) is 5.91. The number of carbonyl (C=O) groups excluding carboxylic acids is 1. The quantitative estimate of drug-likeness (QED) is 0.570. The summed E-state index contributed by atoms with van der Waals surface area (Å²) < 4.78 is 5.33. The molecule has 0 unspecified atom stereocenters. The molecule has 1 aliphatic heterocycles. The third-order valence-corrected chi connectivity index (χ3v) is 5.24. The average Bonchev–Trinajstić information content (AvgIpc) is 2.95. The van der Waals surface area contributed by atoms with Gasteiger partial charge < -0.3 is 9.84 Å². The lowest BCUT2D eigenvalue weighted by molar-refractivity contribution is -0.121. The summed E-state index contributed by atoms with van der Waals surface area (Å²) in [6.45, 7) is 0.113. The first-order chi connectivity index (χ1) is 13.9. The molecule has 0 spiro atoms. The molecule has 6 nitrogen and oxygen atoms in total. The molecule has 1 saturated heterocycles. The number of carbonyl (C=O) groups is 2. The second kappa shape index (κ2) is 8.86. The van der Waals surface area contributed by atoms with Crippen LogP contribution in [-0.2, 0) is 4.79 Å². The third kappa shape index (κ3) is 4.80. The number of amides is 1. The fourth-order valence-electron chi connectivity index (χ4n) is 2.47. The summed E-state index contributed by atoms with van der Waals surface area (Å²) >= 11 is 7.39. The molecule has 2 aromatic carbocycles. The normalized spacial score (nSPS) is 16.3. The van der Waals surface area contributed by atoms with Crippen molar-refractivity contribution in [2.24, 2.45) is 4.99 Å². The fraction of sp³-hybridized carbons (Fsp3) is 0.0952. The number of aliphatic imine (C=N–C) groups is 1. The molecule has 29 heavy (non-hydrogen) atoms. The number of thioether (sulfide) groups is 1. The van der Waals surface area contributed by atoms with E-state index in [1.54, 1.807) is 43.5 Å². The van der Waals surface area contributed by atoms with Gasteiger partial charge in [-0.05, 0) is 53.7 Å². The van der Waals surface area contributed by atoms with E-state index in [0.29, 0.717) is 26.5 Å². The summed E-state index contributed by atoms with van der Waals surface area (Å²) in [5.74, 6) is 1.58. The van der Waals surface area contributed by atoms with Crippen molar-refractivity contribution in [1.29, 1.82) is 0 Å². The highest BCUT2D eigenvalue weighted by molar-refractivity contribution is 8.18. The maximum atomic E-state index is 12.6. The minimum atomic E-state index is -1.04. The van der Waals surface area contributed by atoms with E-state index in [1.807, 2.05) is 0 Å². The van der Waals surface area contributed by atoms with E-state index in [4.69, 9.17) is 27.9 Å². The molecule has 0 bridgehead atoms. The van der Waals surface area contributed by atoms with E-state index < -0.39 is 5.97 Å². The topological polar surface area (TPSA) is 79.2 Å². The van der Waals surface area contributed by atoms with Crippen molar-refractivity contribution in [3.8, 4) is 18.1 Å². The first-order valence-corrected chi connectivity index (χ1v) is 9.54. The number of likely N-dealkylation sites (N-methyl/N-ethyl adjacent to an activating group) is 1. The van der Waals surface area contributed by atoms with Crippen LogP contribution in [0.15, 0.2) is 52.4 Å². The van der Waals surface area contributed by atoms with Crippen LogP contribution in [0.5, 0.6) is 5.75 Å². The van der Waals surface area contributed by atoms with Gasteiger partial charge in [0.2, 0.25) is 0 Å². The number of nitrogens with zero attached hydrogens (tertiary/aromatic N) is 2. The zero-order chi connectivity index (χ0) is 21.0. The predicted molar refractivity (Wildman–Crippen MR) is 115 cm³/mol. The number of carboxylic acids is 1. The van der Waals surface area contributed by atoms with Gasteiger partial charge in [0.15, 0.2) is 5.17 Å². The van der Waals surface area contributed by atoms with E-state index in [9.17, 15) is 9.59 Å². The van der Waals surface area contributed by atoms with E-state index in [0.717, 1.165) is 5.56 Å². The largest absolute Gasteiger partial charge is 0.479 e. The minimum absolute atomic E-state index is 0.113. The number of ether oxygens (including phenoxy) is 1. The Morgan fingerprint density at radius 3 is 2.86 bits per heavy atom. The zero-order valence-electron chi connectivity index (χ0n) is 15.3. The lowest BCUT2D eigenvalue weighted by Gasteiger charge is -2.07. The molecular formula is C21H15ClN2O4S. The Morgan fingerprint density at radius 1 is 1.38 bits per heavy atom. The molecule has 1 N–H and O–H groups in total. The summed E-state index contributed by atoms with van der Waals surface area (Å²) in [4.78, 5) is 30.0. The molecule has 146 valence electrons. The Morgan fingerprint density at radius 2 is 2.17 bits per heavy atom. The molecule has 1 heterocycles. The molecule has 0 atom stereocenters. The zero-order valence-corrected chi connectivity index (χ0v) is 16.8. The molecule has 0 saturated carbocycles. The number of benzene rings is 2. The Labute approximate surface area is 176 Å². The van der Waals surface area contributed by atoms with E-state index in [2.05, 4.69) is 10.9 Å². The molecule has 8 heteroatoms. The number of halogens is 1. The molecule has 1 fully saturated rings. The summed E-state index contributed by atoms with van der Waals surface area (Å²) in [5.41, 5.74) is 1.30. The number of carboxylic acid groups (broad SMARTS) is 1. The number of aromatic carboxylic acids is 1. The Kier molecular flexibility index (Phi) is 6.27. The van der Waals surface area contributed by atoms with Crippen molar-refractivity contribution in [3.05, 3.63) is 63.5 Å². The lowest BCUT2D eigenvalue weighted by atomic mass is 10.2. The molecule has 0 aliphatic carbocycles. The van der Waals surface area contributed by atoms with Crippen LogP contribution in [0, 0.1) is 12.3 Å². The van der Waals surface area contributed by atoms with E-state index >= 15 is 0 Å². The summed E-state index contributed by atoms with van der Waals surface area (Å²) in [7, 11) is 1.61. The Bertz CT molecular complexity index is 1090. The van der Waals surface area contributed by atoms with Crippen molar-refractivity contribution in [2.45, 2.75) is 0 Å². The smallest absolute Gasteiger partial charge is 0.335 e. The van der Waals surface area contributed by atoms with Gasteiger partial charge in [-0.3, -0.25) is 9.69 Å². The number of terminal acetylenes is 1. The van der Waals surface area contributed by atoms with Crippen LogP contribution in [0.2, 0.25) is 5.02 Å². The van der Waals surface area contributed by atoms with Crippen molar-refractivity contribution in [3.63, 3.8) is 0 Å². The lowest BCUT2D eigenvalue weighted by Crippen LogP contribution is -2.23. The molecular weight excluding hydrogens is 412 g/mol. The summed E-state index contributed by atoms with van der Waals surface area (Å²) in [6, 6.07) is 11.3. The van der Waals surface area contributed by atoms with E-state index in [1.165, 1.54) is 28.8 Å². The van der Waals surface area contributed by atoms with Gasteiger partial charge >= 0.3 is 5.97 Å². The van der Waals surface area contributed by atoms with Gasteiger partial charge in [0.25, 0.3) is 5.91 Å². The van der Waals surface area contributed by atoms with Gasteiger partial charge in [0, 0.05) is 7.05 Å². The third-order valence-electron chi connectivity index (χ3n) is 3.89. The number of hydrogen-bond acceptors (Lipinski definition) is 5. The Hall–Kier alpha value is -3.21. The highest BCUT2D eigenvalue weighted by Crippen LogP contribution is 2.34. The van der Waals surface area contributed by atoms with Crippen LogP contribution in [0.4, 0.5) is 5.69 Å². The first-order valence-electron chi connectivity index (χ1n) is 8.34. The number of rotatable bonds is 5. The Balaban J connectivity index is 1.85. The molecule has 1 aliphatic rings. The van der Waals surface area contributed by atoms with Crippen molar-refractivity contribution in [1.82, 2.24) is 4.90 Å². The van der Waals surface area contributed by atoms with Crippen molar-refractivity contribution < 1.29 is 19.4 Å². The van der Waals surface area contributed by atoms with Gasteiger partial charge in [-0.2, -0.15) is 0 Å². The van der Waals surface area contributed by atoms with Gasteiger partial charge in [0.05, 0.1) is 21.2 Å². The van der Waals surface area contributed by atoms with Crippen LogP contribution < -0.4 is 4.74 Å². The SMILES string of the molecule is C#CCOc1ccc(C=C2SC(=Nc3cccc(C(=O)O)c3)N(C)C2=O)cc1Cl. The van der Waals surface area contributed by atoms with Crippen molar-refractivity contribution in [2.75, 3.05) is 13.7 Å². The number of amidine groups is 1. The average molecular weight is 427 g/mol. The monoisotopic (exact) mass is 426 g/mol. The van der Waals surface area contributed by atoms with Gasteiger partial charge in [-0.1, -0.05) is 29.7 Å². The first kappa shape index (κ1) is 20.5. The molecule has 0 radical (unpaired) electrons. The summed E-state index contributed by atoms with van der Waals surface area (Å²) in [6.07, 6.45) is 6.88. The number of hydrogen-bond donors (Lipinski definition) is 1. The molecule has 3 rings (SSSR count). The van der Waals surface area contributed by atoms with Crippen LogP contribution in [-0.4, -0.2) is 40.7 Å². The van der Waals surface area contributed by atoms with Crippen LogP contribution >= 0.6 is 23.4 Å². The van der Waals surface area contributed by atoms with Crippen molar-refractivity contribution >= 4 is 52.2 Å². The van der Waals surface area contributed by atoms with Crippen LogP contribution in [0.3, 0.4) is 0 Å². The highest BCUT2D eigenvalue weighted by atomic mass is 35.5. The second-order valence-corrected chi connectivity index (χ2v) is 7.32. The van der Waals surface area contributed by atoms with Crippen LogP contribution in [0.1, 0.15) is 15.9 Å². The maximum Gasteiger partial charge on any atom is 0.335 e. The van der Waals surface area contributed by atoms with Crippen LogP contribution in [0.25, 0.3) is 6.08 Å². The standard InChI is InChI=1S/C21H15ClN2O4S/c1-3-9-28-17-8-7-13(10-16(17)22)11-18-19(25)24(2)21(29-18)23-15-6-4-5-14(12-15)20(26)27/h1,4-8,10-12H,9H2,2H3,(H,26,27). The highest BCUT2D eigenvalue weighted by Gasteiger charge is 2.30. The molecule has 1 amide bonds. The summed E-state index contributed by atoms with van der Waals surface area (Å²) in [5, 5.41) is 9.94. The maximum absolute atomic E-state index is 12.6. The van der Waals surface area contributed by atoms with Gasteiger partial charge in [0.1, 0.15) is 12.4 Å². The minimum Gasteiger partial charge on any atom is -0.479 e. The fourth-order valence-corrected chi connectivity index (χ4v) is 3.70. The predicted octanol–water partition coefficient (Wildman–Crippen LogP) is 4.28. The van der Waals surface area contributed by atoms with E-state index in [-0.39, 0.29) is 18.1 Å². The van der Waals surface area contributed by atoms with Gasteiger partial charge in [-0.15, -0.1) is 6.42 Å². The molecule has 2 aromatic rings. The molecule has 0 aromatic heterocycles. The van der Waals surface area contributed by atoms with Gasteiger partial charge in [-0.25, -0.2) is 9.79 Å².